The summed E-state index contributed by atoms with van der Waals surface area (Å²) >= 11 is 17.5. The Morgan fingerprint density at radius 1 is 0.952 bits per heavy atom. The van der Waals surface area contributed by atoms with Crippen molar-refractivity contribution in [2.45, 2.75) is 4.90 Å². The maximum atomic E-state index is 12.3. The van der Waals surface area contributed by atoms with Gasteiger partial charge in [-0.2, -0.15) is 0 Å². The highest BCUT2D eigenvalue weighted by Crippen LogP contribution is 2.30. The second-order valence-electron chi connectivity index (χ2n) is 4.24. The number of sulfone groups is 1. The molecule has 7 heteroatoms. The van der Waals surface area contributed by atoms with Gasteiger partial charge in [0.1, 0.15) is 10.6 Å². The van der Waals surface area contributed by atoms with Crippen molar-refractivity contribution in [3.05, 3.63) is 63.1 Å². The van der Waals surface area contributed by atoms with Crippen molar-refractivity contribution in [1.82, 2.24) is 0 Å². The lowest BCUT2D eigenvalue weighted by molar-refractivity contribution is 0.102. The Bertz CT molecular complexity index is 781. The van der Waals surface area contributed by atoms with Crippen molar-refractivity contribution in [2.24, 2.45) is 0 Å². The van der Waals surface area contributed by atoms with Gasteiger partial charge in [-0.3, -0.25) is 4.79 Å². The van der Waals surface area contributed by atoms with Crippen molar-refractivity contribution >= 4 is 50.4 Å². The zero-order valence-electron chi connectivity index (χ0n) is 10.5. The highest BCUT2D eigenvalue weighted by molar-refractivity contribution is 7.92. The van der Waals surface area contributed by atoms with Crippen molar-refractivity contribution in [3.63, 3.8) is 0 Å². The van der Waals surface area contributed by atoms with E-state index in [1.165, 1.54) is 30.3 Å². The van der Waals surface area contributed by atoms with Gasteiger partial charge in [-0.05, 0) is 24.3 Å². The summed E-state index contributed by atoms with van der Waals surface area (Å²) in [6, 6.07) is 10.4. The van der Waals surface area contributed by atoms with Crippen LogP contribution in [0.15, 0.2) is 47.4 Å². The van der Waals surface area contributed by atoms with Gasteiger partial charge in [0.05, 0.1) is 10.0 Å². The topological polar surface area (TPSA) is 51.2 Å². The first-order valence-corrected chi connectivity index (χ1v) is 8.55. The second kappa shape index (κ2) is 6.36. The Morgan fingerprint density at radius 3 is 2.10 bits per heavy atom. The predicted molar refractivity (Wildman–Crippen MR) is 84.3 cm³/mol. The van der Waals surface area contributed by atoms with Crippen LogP contribution in [0.1, 0.15) is 10.4 Å². The summed E-state index contributed by atoms with van der Waals surface area (Å²) in [5.74, 6) is -1.30. The molecule has 0 saturated heterocycles. The molecule has 0 aromatic heterocycles. The fourth-order valence-electron chi connectivity index (χ4n) is 1.77. The summed E-state index contributed by atoms with van der Waals surface area (Å²) in [5.41, 5.74) is 0.217. The first kappa shape index (κ1) is 16.3. The van der Waals surface area contributed by atoms with Crippen LogP contribution in [-0.4, -0.2) is 20.0 Å². The number of carbonyl (C=O) groups excluding carboxylic acids is 1. The van der Waals surface area contributed by atoms with E-state index < -0.39 is 21.4 Å². The normalized spacial score (nSPS) is 11.4. The highest BCUT2D eigenvalue weighted by atomic mass is 35.5. The minimum Gasteiger partial charge on any atom is -0.293 e. The highest BCUT2D eigenvalue weighted by Gasteiger charge is 2.25. The molecule has 0 N–H and O–H groups in total. The molecule has 0 unspecified atom stereocenters. The molecule has 0 radical (unpaired) electrons. The van der Waals surface area contributed by atoms with E-state index in [9.17, 15) is 13.2 Å². The van der Waals surface area contributed by atoms with Crippen LogP contribution in [0.3, 0.4) is 0 Å². The molecule has 2 aromatic carbocycles. The van der Waals surface area contributed by atoms with Gasteiger partial charge >= 0.3 is 0 Å². The molecule has 2 aromatic rings. The summed E-state index contributed by atoms with van der Waals surface area (Å²) in [5, 5.41) is 0.330. The van der Waals surface area contributed by atoms with Crippen LogP contribution >= 0.6 is 34.8 Å². The monoisotopic (exact) mass is 362 g/mol. The third kappa shape index (κ3) is 3.77. The number of Topliss-reactive ketones (excluding diaryl/α,β-unsaturated/α-hetero) is 1. The first-order chi connectivity index (χ1) is 9.81. The van der Waals surface area contributed by atoms with Crippen LogP contribution in [0, 0.1) is 0 Å². The Kier molecular flexibility index (Phi) is 4.94. The van der Waals surface area contributed by atoms with Gasteiger partial charge in [0.25, 0.3) is 0 Å². The molecule has 3 nitrogen and oxygen atoms in total. The zero-order chi connectivity index (χ0) is 15.6. The summed E-state index contributed by atoms with van der Waals surface area (Å²) in [4.78, 5) is 11.9. The fraction of sp³-hybridized carbons (Fsp3) is 0.0714. The number of rotatable bonds is 4. The van der Waals surface area contributed by atoms with Crippen LogP contribution in [0.5, 0.6) is 0 Å². The van der Waals surface area contributed by atoms with Crippen molar-refractivity contribution in [3.8, 4) is 0 Å². The van der Waals surface area contributed by atoms with Gasteiger partial charge in [0, 0.05) is 10.6 Å². The molecule has 0 saturated carbocycles. The molecule has 2 rings (SSSR count). The number of hydrogen-bond donors (Lipinski definition) is 0. The molecule has 0 bridgehead atoms. The van der Waals surface area contributed by atoms with Crippen molar-refractivity contribution in [1.29, 1.82) is 0 Å². The van der Waals surface area contributed by atoms with Gasteiger partial charge < -0.3 is 0 Å². The molecule has 0 aliphatic heterocycles. The lowest BCUT2D eigenvalue weighted by Crippen LogP contribution is -2.17. The van der Waals surface area contributed by atoms with Crippen LogP contribution < -0.4 is 0 Å². The summed E-state index contributed by atoms with van der Waals surface area (Å²) in [6.07, 6.45) is 0. The van der Waals surface area contributed by atoms with Crippen molar-refractivity contribution in [2.75, 3.05) is 5.75 Å². The van der Waals surface area contributed by atoms with E-state index >= 15 is 0 Å². The quantitative estimate of drug-likeness (QED) is 0.761. The predicted octanol–water partition coefficient (Wildman–Crippen LogP) is 4.30. The number of hydrogen-bond acceptors (Lipinski definition) is 3. The molecule has 0 atom stereocenters. The Morgan fingerprint density at radius 2 is 1.52 bits per heavy atom. The molecule has 0 heterocycles. The van der Waals surface area contributed by atoms with E-state index in [0.29, 0.717) is 5.02 Å². The minimum atomic E-state index is -3.94. The van der Waals surface area contributed by atoms with Gasteiger partial charge in [0.2, 0.25) is 0 Å². The first-order valence-electron chi connectivity index (χ1n) is 5.77. The maximum absolute atomic E-state index is 12.3. The molecular formula is C14H9Cl3O3S. The average Bonchev–Trinajstić information content (AvgIpc) is 2.37. The number of ketones is 1. The van der Waals surface area contributed by atoms with Gasteiger partial charge in [-0.25, -0.2) is 8.42 Å². The zero-order valence-corrected chi connectivity index (χ0v) is 13.6. The number of halogens is 3. The van der Waals surface area contributed by atoms with E-state index in [4.69, 9.17) is 34.8 Å². The molecule has 0 aliphatic carbocycles. The largest absolute Gasteiger partial charge is 0.293 e. The summed E-state index contributed by atoms with van der Waals surface area (Å²) in [7, 11) is -3.94. The fourth-order valence-corrected chi connectivity index (χ4v) is 4.45. The van der Waals surface area contributed by atoms with Crippen LogP contribution in [-0.2, 0) is 9.84 Å². The van der Waals surface area contributed by atoms with Crippen LogP contribution in [0.4, 0.5) is 0 Å². The molecule has 0 amide bonds. The number of carbonyl (C=O) groups is 1. The molecule has 21 heavy (non-hydrogen) atoms. The third-order valence-corrected chi connectivity index (χ3v) is 5.49. The Hall–Kier alpha value is -1.07. The van der Waals surface area contributed by atoms with Gasteiger partial charge in [-0.1, -0.05) is 53.0 Å². The third-order valence-electron chi connectivity index (χ3n) is 2.70. The van der Waals surface area contributed by atoms with E-state index in [-0.39, 0.29) is 20.5 Å². The Labute approximate surface area is 137 Å². The van der Waals surface area contributed by atoms with E-state index in [0.717, 1.165) is 0 Å². The van der Waals surface area contributed by atoms with Gasteiger partial charge in [0.15, 0.2) is 15.6 Å². The smallest absolute Gasteiger partial charge is 0.188 e. The SMILES string of the molecule is O=C(CS(=O)(=O)c1c(Cl)cccc1Cl)c1cccc(Cl)c1. The molecule has 0 aliphatic rings. The van der Waals surface area contributed by atoms with Crippen LogP contribution in [0.2, 0.25) is 15.1 Å². The summed E-state index contributed by atoms with van der Waals surface area (Å²) < 4.78 is 24.6. The Balaban J connectivity index is 2.36. The molecular weight excluding hydrogens is 355 g/mol. The standard InChI is InChI=1S/C14H9Cl3O3S/c15-10-4-1-3-9(7-10)13(18)8-21(19,20)14-11(16)5-2-6-12(14)17/h1-7H,8H2. The van der Waals surface area contributed by atoms with E-state index in [2.05, 4.69) is 0 Å². The van der Waals surface area contributed by atoms with E-state index in [1.807, 2.05) is 0 Å². The second-order valence-corrected chi connectivity index (χ2v) is 7.42. The molecule has 110 valence electrons. The molecule has 0 spiro atoms. The minimum absolute atomic E-state index is 0.0126. The average molecular weight is 364 g/mol. The lowest BCUT2D eigenvalue weighted by Gasteiger charge is -2.08. The molecule has 0 fully saturated rings. The maximum Gasteiger partial charge on any atom is 0.188 e. The number of benzene rings is 2. The van der Waals surface area contributed by atoms with Crippen molar-refractivity contribution < 1.29 is 13.2 Å². The lowest BCUT2D eigenvalue weighted by atomic mass is 10.1. The van der Waals surface area contributed by atoms with Crippen LogP contribution in [0.25, 0.3) is 0 Å². The van der Waals surface area contributed by atoms with E-state index in [1.54, 1.807) is 12.1 Å². The summed E-state index contributed by atoms with van der Waals surface area (Å²) in [6.45, 7) is 0. The van der Waals surface area contributed by atoms with Gasteiger partial charge in [-0.15, -0.1) is 0 Å².